The van der Waals surface area contributed by atoms with Crippen molar-refractivity contribution in [1.82, 2.24) is 20.1 Å². The van der Waals surface area contributed by atoms with Gasteiger partial charge in [-0.3, -0.25) is 14.5 Å². The second-order valence-electron chi connectivity index (χ2n) is 4.87. The zero-order valence-electron chi connectivity index (χ0n) is 12.1. The third-order valence-electron chi connectivity index (χ3n) is 3.19. The molecule has 2 N–H and O–H groups in total. The quantitative estimate of drug-likeness (QED) is 0.771. The Balaban J connectivity index is 1.85. The molecule has 0 fully saturated rings. The summed E-state index contributed by atoms with van der Waals surface area (Å²) in [5, 5.41) is 9.82. The molecule has 0 radical (unpaired) electrons. The van der Waals surface area contributed by atoms with E-state index in [4.69, 9.17) is 12.2 Å². The summed E-state index contributed by atoms with van der Waals surface area (Å²) in [5.74, 6) is 0.793. The molecule has 0 bridgehead atoms. The van der Waals surface area contributed by atoms with Crippen LogP contribution in [0.2, 0.25) is 0 Å². The molecule has 1 amide bonds. The second-order valence-corrected chi connectivity index (χ2v) is 5.25. The molecule has 0 unspecified atom stereocenters. The van der Waals surface area contributed by atoms with Crippen molar-refractivity contribution < 1.29 is 4.79 Å². The van der Waals surface area contributed by atoms with Crippen LogP contribution in [0.3, 0.4) is 0 Å². The summed E-state index contributed by atoms with van der Waals surface area (Å²) in [6.07, 6.45) is 2.60. The van der Waals surface area contributed by atoms with E-state index in [1.165, 1.54) is 5.56 Å². The lowest BCUT2D eigenvalue weighted by molar-refractivity contribution is -0.121. The topological polar surface area (TPSA) is 62.7 Å². The smallest absolute Gasteiger partial charge is 0.240 e. The Morgan fingerprint density at radius 1 is 1.33 bits per heavy atom. The summed E-state index contributed by atoms with van der Waals surface area (Å²) < 4.78 is 2.26. The van der Waals surface area contributed by atoms with Crippen molar-refractivity contribution >= 4 is 18.1 Å². The summed E-state index contributed by atoms with van der Waals surface area (Å²) >= 11 is 5.16. The van der Waals surface area contributed by atoms with Crippen molar-refractivity contribution in [2.24, 2.45) is 0 Å². The molecule has 6 heteroatoms. The van der Waals surface area contributed by atoms with Crippen molar-refractivity contribution in [2.75, 3.05) is 6.54 Å². The van der Waals surface area contributed by atoms with Crippen molar-refractivity contribution in [3.63, 3.8) is 0 Å². The largest absolute Gasteiger partial charge is 0.354 e. The van der Waals surface area contributed by atoms with Crippen LogP contribution in [0.25, 0.3) is 0 Å². The maximum Gasteiger partial charge on any atom is 0.240 e. The van der Waals surface area contributed by atoms with Crippen LogP contribution in [0.4, 0.5) is 0 Å². The number of benzene rings is 1. The number of carbonyl (C=O) groups is 1. The number of hydrogen-bond donors (Lipinski definition) is 2. The van der Waals surface area contributed by atoms with Crippen LogP contribution in [0.1, 0.15) is 24.7 Å². The van der Waals surface area contributed by atoms with Crippen molar-refractivity contribution in [3.8, 4) is 0 Å². The average molecular weight is 304 g/mol. The zero-order valence-corrected chi connectivity index (χ0v) is 12.9. The van der Waals surface area contributed by atoms with E-state index in [2.05, 4.69) is 34.6 Å². The molecule has 0 saturated carbocycles. The first-order valence-corrected chi connectivity index (χ1v) is 7.56. The van der Waals surface area contributed by atoms with Gasteiger partial charge in [0.2, 0.25) is 5.91 Å². The van der Waals surface area contributed by atoms with Gasteiger partial charge in [0.15, 0.2) is 4.77 Å². The van der Waals surface area contributed by atoms with Crippen LogP contribution in [0, 0.1) is 4.77 Å². The highest BCUT2D eigenvalue weighted by molar-refractivity contribution is 7.71. The number of amides is 1. The third kappa shape index (κ3) is 4.53. The van der Waals surface area contributed by atoms with Crippen LogP contribution in [0.5, 0.6) is 0 Å². The summed E-state index contributed by atoms with van der Waals surface area (Å²) in [4.78, 5) is 12.0. The minimum atomic E-state index is -0.0409. The number of nitrogens with one attached hydrogen (secondary N) is 2. The number of nitrogens with zero attached hydrogens (tertiary/aromatic N) is 2. The van der Waals surface area contributed by atoms with E-state index in [9.17, 15) is 4.79 Å². The van der Waals surface area contributed by atoms with Gasteiger partial charge in [0.1, 0.15) is 12.4 Å². The van der Waals surface area contributed by atoms with Crippen LogP contribution >= 0.6 is 12.2 Å². The minimum absolute atomic E-state index is 0.0409. The predicted octanol–water partition coefficient (Wildman–Crippen LogP) is 2.25. The summed E-state index contributed by atoms with van der Waals surface area (Å²) in [7, 11) is 0. The number of carbonyl (C=O) groups excluding carboxylic acids is 1. The van der Waals surface area contributed by atoms with Gasteiger partial charge in [-0.15, -0.1) is 0 Å². The van der Waals surface area contributed by atoms with Gasteiger partial charge in [-0.05, 0) is 30.6 Å². The molecule has 21 heavy (non-hydrogen) atoms. The molecule has 1 aromatic heterocycles. The Morgan fingerprint density at radius 2 is 2.10 bits per heavy atom. The number of aromatic amines is 1. The lowest BCUT2D eigenvalue weighted by Crippen LogP contribution is -2.30. The summed E-state index contributed by atoms with van der Waals surface area (Å²) in [6.45, 7) is 2.92. The molecule has 0 atom stereocenters. The first kappa shape index (κ1) is 15.4. The fourth-order valence-corrected chi connectivity index (χ4v) is 2.33. The highest BCUT2D eigenvalue weighted by Gasteiger charge is 2.09. The number of aryl methyl sites for hydroxylation is 1. The maximum absolute atomic E-state index is 12.0. The maximum atomic E-state index is 12.0. The Morgan fingerprint density at radius 3 is 2.81 bits per heavy atom. The second kappa shape index (κ2) is 7.73. The van der Waals surface area contributed by atoms with Crippen molar-refractivity contribution in [3.05, 3.63) is 46.5 Å². The Bertz CT molecular complexity index is 633. The highest BCUT2D eigenvalue weighted by atomic mass is 32.1. The predicted molar refractivity (Wildman–Crippen MR) is 84.6 cm³/mol. The molecule has 0 aliphatic rings. The Hall–Kier alpha value is -1.95. The molecule has 0 saturated heterocycles. The van der Waals surface area contributed by atoms with Crippen molar-refractivity contribution in [1.29, 1.82) is 0 Å². The van der Waals surface area contributed by atoms with Gasteiger partial charge in [0.25, 0.3) is 0 Å². The van der Waals surface area contributed by atoms with Crippen LogP contribution in [-0.2, 0) is 24.2 Å². The Kier molecular flexibility index (Phi) is 5.68. The standard InChI is InChI=1S/C15H20N4OS/c1-2-6-13-17-18-15(21)19(13)11-14(20)16-10-9-12-7-4-3-5-8-12/h3-5,7-8H,2,6,9-11H2,1H3,(H,16,20)(H,18,21). The fourth-order valence-electron chi connectivity index (χ4n) is 2.12. The van der Waals surface area contributed by atoms with E-state index in [1.54, 1.807) is 4.57 Å². The van der Waals surface area contributed by atoms with Crippen molar-refractivity contribution in [2.45, 2.75) is 32.7 Å². The molecule has 0 spiro atoms. The summed E-state index contributed by atoms with van der Waals surface area (Å²) in [6, 6.07) is 10.1. The SMILES string of the molecule is CCCc1n[nH]c(=S)n1CC(=O)NCCc1ccccc1. The normalized spacial score (nSPS) is 10.5. The van der Waals surface area contributed by atoms with Gasteiger partial charge >= 0.3 is 0 Å². The average Bonchev–Trinajstić information content (AvgIpc) is 2.82. The molecule has 0 aliphatic carbocycles. The van der Waals surface area contributed by atoms with Gasteiger partial charge in [0.05, 0.1) is 0 Å². The van der Waals surface area contributed by atoms with E-state index in [1.807, 2.05) is 18.2 Å². The molecule has 5 nitrogen and oxygen atoms in total. The first-order chi connectivity index (χ1) is 10.2. The van der Waals surface area contributed by atoms with E-state index in [0.29, 0.717) is 11.3 Å². The third-order valence-corrected chi connectivity index (χ3v) is 3.50. The lowest BCUT2D eigenvalue weighted by Gasteiger charge is -2.08. The van der Waals surface area contributed by atoms with E-state index in [-0.39, 0.29) is 12.5 Å². The van der Waals surface area contributed by atoms with Crippen LogP contribution < -0.4 is 5.32 Å². The number of H-pyrrole nitrogens is 1. The number of rotatable bonds is 7. The van der Waals surface area contributed by atoms with Gasteiger partial charge in [-0.25, -0.2) is 0 Å². The molecule has 112 valence electrons. The highest BCUT2D eigenvalue weighted by Crippen LogP contribution is 2.02. The van der Waals surface area contributed by atoms with E-state index in [0.717, 1.165) is 25.1 Å². The van der Waals surface area contributed by atoms with Gasteiger partial charge in [-0.2, -0.15) is 5.10 Å². The van der Waals surface area contributed by atoms with Gasteiger partial charge in [0, 0.05) is 13.0 Å². The minimum Gasteiger partial charge on any atom is -0.354 e. The van der Waals surface area contributed by atoms with Crippen LogP contribution in [-0.4, -0.2) is 27.2 Å². The van der Waals surface area contributed by atoms with Gasteiger partial charge in [-0.1, -0.05) is 37.3 Å². The molecule has 1 aromatic carbocycles. The molecule has 1 heterocycles. The molecule has 0 aliphatic heterocycles. The monoisotopic (exact) mass is 304 g/mol. The Labute approximate surface area is 129 Å². The molecule has 2 rings (SSSR count). The van der Waals surface area contributed by atoms with E-state index >= 15 is 0 Å². The molecule has 2 aromatic rings. The lowest BCUT2D eigenvalue weighted by atomic mass is 10.1. The number of hydrogen-bond acceptors (Lipinski definition) is 3. The fraction of sp³-hybridized carbons (Fsp3) is 0.400. The number of aromatic nitrogens is 3. The van der Waals surface area contributed by atoms with E-state index < -0.39 is 0 Å². The first-order valence-electron chi connectivity index (χ1n) is 7.15. The van der Waals surface area contributed by atoms with Crippen LogP contribution in [0.15, 0.2) is 30.3 Å². The zero-order chi connectivity index (χ0) is 15.1. The molecular weight excluding hydrogens is 284 g/mol. The van der Waals surface area contributed by atoms with Gasteiger partial charge < -0.3 is 5.32 Å². The summed E-state index contributed by atoms with van der Waals surface area (Å²) in [5.41, 5.74) is 1.21. The molecular formula is C15H20N4OS.